The number of aromatic nitrogens is 3. The van der Waals surface area contributed by atoms with E-state index in [0.717, 1.165) is 44.1 Å². The maximum absolute atomic E-state index is 12.0. The first-order valence-corrected chi connectivity index (χ1v) is 8.71. The van der Waals surface area contributed by atoms with E-state index in [9.17, 15) is 4.79 Å². The van der Waals surface area contributed by atoms with E-state index in [1.807, 2.05) is 0 Å². The summed E-state index contributed by atoms with van der Waals surface area (Å²) in [5.74, 6) is 2.84. The Kier molecular flexibility index (Phi) is 5.43. The second-order valence-electron chi connectivity index (χ2n) is 6.50. The second-order valence-corrected chi connectivity index (χ2v) is 6.50. The summed E-state index contributed by atoms with van der Waals surface area (Å²) in [6.45, 7) is 3.69. The van der Waals surface area contributed by atoms with Crippen molar-refractivity contribution in [2.24, 2.45) is 5.92 Å². The third-order valence-electron chi connectivity index (χ3n) is 4.87. The Hall–Kier alpha value is -1.43. The van der Waals surface area contributed by atoms with Gasteiger partial charge in [-0.2, -0.15) is 0 Å². The zero-order valence-electron chi connectivity index (χ0n) is 13.3. The minimum absolute atomic E-state index is 0.143. The first kappa shape index (κ1) is 15.5. The zero-order chi connectivity index (χ0) is 15.2. The normalized spacial score (nSPS) is 19.5. The lowest BCUT2D eigenvalue weighted by atomic mass is 9.93. The molecular weight excluding hydrogens is 278 g/mol. The Morgan fingerprint density at radius 2 is 2.09 bits per heavy atom. The molecule has 1 aromatic rings. The summed E-state index contributed by atoms with van der Waals surface area (Å²) in [5, 5.41) is 14.9. The Morgan fingerprint density at radius 3 is 2.95 bits per heavy atom. The van der Waals surface area contributed by atoms with Crippen molar-refractivity contribution in [1.82, 2.24) is 25.4 Å². The summed E-state index contributed by atoms with van der Waals surface area (Å²) < 4.78 is 2.19. The number of hydrogen-bond acceptors (Lipinski definition) is 4. The molecule has 1 aromatic heterocycles. The van der Waals surface area contributed by atoms with Crippen LogP contribution in [0.2, 0.25) is 0 Å². The molecule has 2 aliphatic heterocycles. The molecule has 6 heteroatoms. The third kappa shape index (κ3) is 4.06. The van der Waals surface area contributed by atoms with Crippen LogP contribution in [0.25, 0.3) is 0 Å². The number of carbonyl (C=O) groups is 1. The molecule has 0 aliphatic carbocycles. The number of piperidine rings is 1. The van der Waals surface area contributed by atoms with Crippen molar-refractivity contribution in [2.75, 3.05) is 13.1 Å². The second kappa shape index (κ2) is 7.72. The predicted octanol–water partition coefficient (Wildman–Crippen LogP) is 1.40. The fourth-order valence-corrected chi connectivity index (χ4v) is 3.45. The molecule has 3 rings (SSSR count). The van der Waals surface area contributed by atoms with Gasteiger partial charge in [0.25, 0.3) is 0 Å². The smallest absolute Gasteiger partial charge is 0.220 e. The van der Waals surface area contributed by atoms with Crippen LogP contribution in [0.3, 0.4) is 0 Å². The van der Waals surface area contributed by atoms with Gasteiger partial charge in [-0.25, -0.2) is 0 Å². The molecule has 3 heterocycles. The van der Waals surface area contributed by atoms with Gasteiger partial charge in [-0.3, -0.25) is 4.79 Å². The average molecular weight is 305 g/mol. The van der Waals surface area contributed by atoms with Gasteiger partial charge in [0, 0.05) is 19.4 Å². The van der Waals surface area contributed by atoms with Gasteiger partial charge in [0.15, 0.2) is 5.82 Å². The quantitative estimate of drug-likeness (QED) is 0.862. The molecule has 0 radical (unpaired) electrons. The molecule has 0 saturated carbocycles. The monoisotopic (exact) mass is 305 g/mol. The predicted molar refractivity (Wildman–Crippen MR) is 84.3 cm³/mol. The summed E-state index contributed by atoms with van der Waals surface area (Å²) in [6.07, 6.45) is 8.68. The zero-order valence-corrected chi connectivity index (χ0v) is 13.3. The van der Waals surface area contributed by atoms with E-state index < -0.39 is 0 Å². The molecule has 22 heavy (non-hydrogen) atoms. The lowest BCUT2D eigenvalue weighted by Gasteiger charge is -2.22. The van der Waals surface area contributed by atoms with Gasteiger partial charge in [0.05, 0.1) is 6.54 Å². The van der Waals surface area contributed by atoms with E-state index in [1.165, 1.54) is 32.1 Å². The average Bonchev–Trinajstić information content (AvgIpc) is 2.78. The standard InChI is InChI=1S/C16H27N5O/c22-16(6-5-13-7-9-17-10-8-13)18-12-15-20-19-14-4-2-1-3-11-21(14)15/h13,17H,1-12H2,(H,18,22). The molecule has 0 unspecified atom stereocenters. The van der Waals surface area contributed by atoms with Crippen molar-refractivity contribution in [1.29, 1.82) is 0 Å². The number of carbonyl (C=O) groups excluding carboxylic acids is 1. The number of aryl methyl sites for hydroxylation is 1. The first-order valence-electron chi connectivity index (χ1n) is 8.71. The van der Waals surface area contributed by atoms with Gasteiger partial charge < -0.3 is 15.2 Å². The van der Waals surface area contributed by atoms with Crippen LogP contribution in [0.15, 0.2) is 0 Å². The molecule has 122 valence electrons. The van der Waals surface area contributed by atoms with Gasteiger partial charge in [-0.15, -0.1) is 10.2 Å². The summed E-state index contributed by atoms with van der Waals surface area (Å²) in [6, 6.07) is 0. The van der Waals surface area contributed by atoms with Crippen LogP contribution in [0.5, 0.6) is 0 Å². The van der Waals surface area contributed by atoms with Crippen LogP contribution in [-0.4, -0.2) is 33.8 Å². The third-order valence-corrected chi connectivity index (χ3v) is 4.87. The summed E-state index contributed by atoms with van der Waals surface area (Å²) in [5.41, 5.74) is 0. The molecule has 6 nitrogen and oxygen atoms in total. The van der Waals surface area contributed by atoms with Crippen LogP contribution < -0.4 is 10.6 Å². The molecule has 0 bridgehead atoms. The molecule has 1 amide bonds. The number of hydrogen-bond donors (Lipinski definition) is 2. The van der Waals surface area contributed by atoms with Gasteiger partial charge >= 0.3 is 0 Å². The Morgan fingerprint density at radius 1 is 1.23 bits per heavy atom. The Balaban J connectivity index is 1.44. The molecule has 0 spiro atoms. The lowest BCUT2D eigenvalue weighted by Crippen LogP contribution is -2.29. The van der Waals surface area contributed by atoms with E-state index in [0.29, 0.717) is 18.9 Å². The highest BCUT2D eigenvalue weighted by molar-refractivity contribution is 5.75. The van der Waals surface area contributed by atoms with E-state index in [1.54, 1.807) is 0 Å². The topological polar surface area (TPSA) is 71.8 Å². The number of rotatable bonds is 5. The van der Waals surface area contributed by atoms with E-state index in [-0.39, 0.29) is 5.91 Å². The highest BCUT2D eigenvalue weighted by atomic mass is 16.1. The van der Waals surface area contributed by atoms with Crippen LogP contribution in [0.4, 0.5) is 0 Å². The molecule has 1 saturated heterocycles. The minimum atomic E-state index is 0.143. The number of fused-ring (bicyclic) bond motifs is 1. The van der Waals surface area contributed by atoms with Crippen molar-refractivity contribution in [3.05, 3.63) is 11.6 Å². The van der Waals surface area contributed by atoms with Crippen LogP contribution >= 0.6 is 0 Å². The van der Waals surface area contributed by atoms with Crippen molar-refractivity contribution in [3.8, 4) is 0 Å². The fourth-order valence-electron chi connectivity index (χ4n) is 3.45. The van der Waals surface area contributed by atoms with Crippen LogP contribution in [0, 0.1) is 5.92 Å². The number of nitrogens with zero attached hydrogens (tertiary/aromatic N) is 3. The molecule has 1 fully saturated rings. The number of nitrogens with one attached hydrogen (secondary N) is 2. The van der Waals surface area contributed by atoms with Crippen molar-refractivity contribution in [2.45, 2.75) is 64.5 Å². The Bertz CT molecular complexity index is 493. The number of amides is 1. The maximum Gasteiger partial charge on any atom is 0.220 e. The molecule has 0 aromatic carbocycles. The van der Waals surface area contributed by atoms with Crippen molar-refractivity contribution >= 4 is 5.91 Å². The molecule has 2 aliphatic rings. The summed E-state index contributed by atoms with van der Waals surface area (Å²) in [7, 11) is 0. The maximum atomic E-state index is 12.0. The summed E-state index contributed by atoms with van der Waals surface area (Å²) in [4.78, 5) is 12.0. The highest BCUT2D eigenvalue weighted by Crippen LogP contribution is 2.18. The van der Waals surface area contributed by atoms with E-state index in [4.69, 9.17) is 0 Å². The van der Waals surface area contributed by atoms with Gasteiger partial charge in [0.2, 0.25) is 5.91 Å². The SMILES string of the molecule is O=C(CCC1CCNCC1)NCc1nnc2n1CCCCC2. The van der Waals surface area contributed by atoms with E-state index >= 15 is 0 Å². The van der Waals surface area contributed by atoms with Crippen LogP contribution in [-0.2, 0) is 24.3 Å². The first-order chi connectivity index (χ1) is 10.8. The summed E-state index contributed by atoms with van der Waals surface area (Å²) >= 11 is 0. The fraction of sp³-hybridized carbons (Fsp3) is 0.812. The van der Waals surface area contributed by atoms with Gasteiger partial charge in [0.1, 0.15) is 5.82 Å². The molecule has 2 N–H and O–H groups in total. The van der Waals surface area contributed by atoms with Crippen molar-refractivity contribution < 1.29 is 4.79 Å². The van der Waals surface area contributed by atoms with Crippen molar-refractivity contribution in [3.63, 3.8) is 0 Å². The largest absolute Gasteiger partial charge is 0.349 e. The van der Waals surface area contributed by atoms with Crippen LogP contribution in [0.1, 0.15) is 56.6 Å². The molecular formula is C16H27N5O. The minimum Gasteiger partial charge on any atom is -0.349 e. The van der Waals surface area contributed by atoms with Gasteiger partial charge in [-0.05, 0) is 51.1 Å². The molecule has 0 atom stereocenters. The van der Waals surface area contributed by atoms with E-state index in [2.05, 4.69) is 25.4 Å². The van der Waals surface area contributed by atoms with Gasteiger partial charge in [-0.1, -0.05) is 6.42 Å². The lowest BCUT2D eigenvalue weighted by molar-refractivity contribution is -0.121. The Labute approximate surface area is 132 Å². The highest BCUT2D eigenvalue weighted by Gasteiger charge is 2.17.